The third kappa shape index (κ3) is 4.15. The zero-order valence-corrected chi connectivity index (χ0v) is 16.1. The van der Waals surface area contributed by atoms with E-state index in [1.54, 1.807) is 0 Å². The summed E-state index contributed by atoms with van der Waals surface area (Å²) in [4.78, 5) is 18.0. The summed E-state index contributed by atoms with van der Waals surface area (Å²) in [5.74, 6) is 2.42. The standard InChI is InChI=1S/C20H25N7O/c1-15-2-3-16(14-21)19(23-15)26-8-5-17(6-9-26)24-18-4-7-22-20(25-18)27-10-12-28-13-11-27/h2-4,7,17H,5-6,8-13H2,1H3,(H,22,24,25). The number of ether oxygens (including phenoxy) is 1. The Bertz CT molecular complexity index is 852. The Morgan fingerprint density at radius 1 is 1.07 bits per heavy atom. The Morgan fingerprint density at radius 3 is 2.61 bits per heavy atom. The van der Waals surface area contributed by atoms with Gasteiger partial charge in [0.05, 0.1) is 18.8 Å². The lowest BCUT2D eigenvalue weighted by Crippen LogP contribution is -2.40. The highest BCUT2D eigenvalue weighted by atomic mass is 16.5. The van der Waals surface area contributed by atoms with E-state index in [0.29, 0.717) is 11.6 Å². The third-order valence-electron chi connectivity index (χ3n) is 5.22. The Labute approximate surface area is 165 Å². The van der Waals surface area contributed by atoms with Crippen LogP contribution < -0.4 is 15.1 Å². The minimum absolute atomic E-state index is 0.346. The average Bonchev–Trinajstić information content (AvgIpc) is 2.75. The molecule has 0 atom stereocenters. The molecule has 2 aromatic rings. The first-order chi connectivity index (χ1) is 13.7. The molecule has 0 amide bonds. The normalized spacial score (nSPS) is 18.0. The summed E-state index contributed by atoms with van der Waals surface area (Å²) in [5.41, 5.74) is 1.58. The second-order valence-electron chi connectivity index (χ2n) is 7.18. The van der Waals surface area contributed by atoms with Crippen molar-refractivity contribution in [1.82, 2.24) is 15.0 Å². The molecule has 2 saturated heterocycles. The first-order valence-corrected chi connectivity index (χ1v) is 9.78. The summed E-state index contributed by atoms with van der Waals surface area (Å²) in [6.45, 7) is 6.78. The Kier molecular flexibility index (Phi) is 5.53. The van der Waals surface area contributed by atoms with E-state index in [-0.39, 0.29) is 0 Å². The van der Waals surface area contributed by atoms with Gasteiger partial charge in [-0.25, -0.2) is 9.97 Å². The summed E-state index contributed by atoms with van der Waals surface area (Å²) in [6, 6.07) is 8.27. The Morgan fingerprint density at radius 2 is 1.86 bits per heavy atom. The summed E-state index contributed by atoms with van der Waals surface area (Å²) in [7, 11) is 0. The molecule has 0 radical (unpaired) electrons. The molecule has 0 saturated carbocycles. The van der Waals surface area contributed by atoms with Crippen LogP contribution in [0.3, 0.4) is 0 Å². The minimum atomic E-state index is 0.346. The lowest BCUT2D eigenvalue weighted by Gasteiger charge is -2.34. The molecular formula is C20H25N7O. The molecule has 0 unspecified atom stereocenters. The highest BCUT2D eigenvalue weighted by Crippen LogP contribution is 2.24. The molecule has 2 fully saturated rings. The van der Waals surface area contributed by atoms with E-state index >= 15 is 0 Å². The molecule has 1 N–H and O–H groups in total. The lowest BCUT2D eigenvalue weighted by molar-refractivity contribution is 0.122. The number of pyridine rings is 1. The number of aryl methyl sites for hydroxylation is 1. The van der Waals surface area contributed by atoms with Crippen LogP contribution in [0, 0.1) is 18.3 Å². The smallest absolute Gasteiger partial charge is 0.227 e. The van der Waals surface area contributed by atoms with Crippen molar-refractivity contribution < 1.29 is 4.74 Å². The van der Waals surface area contributed by atoms with Gasteiger partial charge in [-0.3, -0.25) is 0 Å². The van der Waals surface area contributed by atoms with Crippen LogP contribution in [0.5, 0.6) is 0 Å². The number of hydrogen-bond acceptors (Lipinski definition) is 8. The van der Waals surface area contributed by atoms with Crippen LogP contribution in [-0.2, 0) is 4.74 Å². The van der Waals surface area contributed by atoms with Crippen LogP contribution in [0.4, 0.5) is 17.6 Å². The van der Waals surface area contributed by atoms with Gasteiger partial charge in [-0.2, -0.15) is 10.2 Å². The highest BCUT2D eigenvalue weighted by molar-refractivity contribution is 5.54. The fourth-order valence-electron chi connectivity index (χ4n) is 3.66. The van der Waals surface area contributed by atoms with Crippen LogP contribution in [0.1, 0.15) is 24.1 Å². The third-order valence-corrected chi connectivity index (χ3v) is 5.22. The quantitative estimate of drug-likeness (QED) is 0.862. The summed E-state index contributed by atoms with van der Waals surface area (Å²) in [5, 5.41) is 12.9. The van der Waals surface area contributed by atoms with E-state index in [0.717, 1.165) is 75.5 Å². The van der Waals surface area contributed by atoms with Crippen LogP contribution in [0.25, 0.3) is 0 Å². The Hall–Kier alpha value is -2.92. The van der Waals surface area contributed by atoms with Gasteiger partial charge < -0.3 is 19.9 Å². The van der Waals surface area contributed by atoms with E-state index in [1.165, 1.54) is 0 Å². The first-order valence-electron chi connectivity index (χ1n) is 9.78. The average molecular weight is 379 g/mol. The number of piperidine rings is 1. The van der Waals surface area contributed by atoms with Crippen molar-refractivity contribution in [3.63, 3.8) is 0 Å². The number of rotatable bonds is 4. The molecule has 0 spiro atoms. The molecule has 146 valence electrons. The van der Waals surface area contributed by atoms with Gasteiger partial charge in [0, 0.05) is 44.1 Å². The Balaban J connectivity index is 1.37. The van der Waals surface area contributed by atoms with E-state index in [1.807, 2.05) is 31.3 Å². The maximum absolute atomic E-state index is 9.37. The fraction of sp³-hybridized carbons (Fsp3) is 0.500. The number of nitrogens with zero attached hydrogens (tertiary/aromatic N) is 6. The second-order valence-corrected chi connectivity index (χ2v) is 7.18. The molecule has 2 aliphatic rings. The number of morpholine rings is 1. The van der Waals surface area contributed by atoms with Gasteiger partial charge in [-0.1, -0.05) is 0 Å². The predicted molar refractivity (Wildman–Crippen MR) is 108 cm³/mol. The maximum Gasteiger partial charge on any atom is 0.227 e. The fourth-order valence-corrected chi connectivity index (χ4v) is 3.66. The largest absolute Gasteiger partial charge is 0.378 e. The molecule has 4 rings (SSSR count). The van der Waals surface area contributed by atoms with E-state index in [9.17, 15) is 5.26 Å². The van der Waals surface area contributed by atoms with Gasteiger partial charge in [0.25, 0.3) is 0 Å². The molecule has 8 heteroatoms. The van der Waals surface area contributed by atoms with Gasteiger partial charge in [0.2, 0.25) is 5.95 Å². The van der Waals surface area contributed by atoms with Crippen molar-refractivity contribution in [2.45, 2.75) is 25.8 Å². The van der Waals surface area contributed by atoms with Gasteiger partial charge in [0.15, 0.2) is 0 Å². The molecule has 4 heterocycles. The molecule has 0 aromatic carbocycles. The molecule has 2 aliphatic heterocycles. The van der Waals surface area contributed by atoms with Gasteiger partial charge in [-0.05, 0) is 38.0 Å². The second kappa shape index (κ2) is 8.40. The van der Waals surface area contributed by atoms with Crippen molar-refractivity contribution in [3.05, 3.63) is 35.7 Å². The van der Waals surface area contributed by atoms with Crippen molar-refractivity contribution in [2.75, 3.05) is 54.5 Å². The lowest BCUT2D eigenvalue weighted by atomic mass is 10.0. The monoisotopic (exact) mass is 379 g/mol. The van der Waals surface area contributed by atoms with Gasteiger partial charge >= 0.3 is 0 Å². The van der Waals surface area contributed by atoms with Crippen molar-refractivity contribution >= 4 is 17.6 Å². The van der Waals surface area contributed by atoms with E-state index < -0.39 is 0 Å². The van der Waals surface area contributed by atoms with Crippen molar-refractivity contribution in [1.29, 1.82) is 5.26 Å². The molecule has 0 aliphatic carbocycles. The van der Waals surface area contributed by atoms with Crippen LogP contribution in [-0.4, -0.2) is 60.4 Å². The number of aromatic nitrogens is 3. The van der Waals surface area contributed by atoms with E-state index in [4.69, 9.17) is 4.74 Å². The summed E-state index contributed by atoms with van der Waals surface area (Å²) < 4.78 is 5.40. The molecule has 28 heavy (non-hydrogen) atoms. The molecular weight excluding hydrogens is 354 g/mol. The van der Waals surface area contributed by atoms with Crippen LogP contribution >= 0.6 is 0 Å². The number of anilines is 3. The van der Waals surface area contributed by atoms with Gasteiger partial charge in [-0.15, -0.1) is 0 Å². The SMILES string of the molecule is Cc1ccc(C#N)c(N2CCC(Nc3ccnc(N4CCOCC4)n3)CC2)n1. The van der Waals surface area contributed by atoms with Crippen LogP contribution in [0.2, 0.25) is 0 Å². The highest BCUT2D eigenvalue weighted by Gasteiger charge is 2.23. The number of hydrogen-bond donors (Lipinski definition) is 1. The van der Waals surface area contributed by atoms with E-state index in [2.05, 4.69) is 36.1 Å². The minimum Gasteiger partial charge on any atom is -0.378 e. The zero-order chi connectivity index (χ0) is 19.3. The zero-order valence-electron chi connectivity index (χ0n) is 16.1. The summed E-state index contributed by atoms with van der Waals surface area (Å²) >= 11 is 0. The molecule has 0 bridgehead atoms. The molecule has 2 aromatic heterocycles. The first kappa shape index (κ1) is 18.4. The topological polar surface area (TPSA) is 90.2 Å². The molecule has 8 nitrogen and oxygen atoms in total. The number of nitriles is 1. The van der Waals surface area contributed by atoms with Gasteiger partial charge in [0.1, 0.15) is 17.7 Å². The van der Waals surface area contributed by atoms with Crippen molar-refractivity contribution in [3.8, 4) is 6.07 Å². The number of nitrogens with one attached hydrogen (secondary N) is 1. The van der Waals surface area contributed by atoms with Crippen molar-refractivity contribution in [2.24, 2.45) is 0 Å². The predicted octanol–water partition coefficient (Wildman–Crippen LogP) is 1.97. The maximum atomic E-state index is 9.37. The van der Waals surface area contributed by atoms with Crippen LogP contribution in [0.15, 0.2) is 24.4 Å². The summed E-state index contributed by atoms with van der Waals surface area (Å²) in [6.07, 6.45) is 3.75.